The van der Waals surface area contributed by atoms with Gasteiger partial charge in [-0.15, -0.1) is 0 Å². The molecule has 190 valence electrons. The number of hydrogen-bond donors (Lipinski definition) is 1. The molecule has 8 heteroatoms. The summed E-state index contributed by atoms with van der Waals surface area (Å²) in [5.74, 6) is -0.138. The van der Waals surface area contributed by atoms with Crippen molar-refractivity contribution in [2.24, 2.45) is 0 Å². The Morgan fingerprint density at radius 1 is 0.895 bits per heavy atom. The monoisotopic (exact) mass is 543 g/mol. The largest absolute Gasteiger partial charge is 0.324 e. The number of aromatic nitrogens is 1. The molecule has 0 saturated heterocycles. The normalized spacial score (nSPS) is 15.1. The molecular formula is C30H23Cl2N3O3. The van der Waals surface area contributed by atoms with Crippen LogP contribution in [-0.2, 0) is 24.2 Å². The van der Waals surface area contributed by atoms with E-state index in [1.54, 1.807) is 83.9 Å². The fourth-order valence-electron chi connectivity index (χ4n) is 4.53. The van der Waals surface area contributed by atoms with Crippen LogP contribution in [0.1, 0.15) is 37.4 Å². The summed E-state index contributed by atoms with van der Waals surface area (Å²) in [6, 6.07) is 23.9. The minimum atomic E-state index is -0.679. The number of carbonyl (C=O) groups is 3. The van der Waals surface area contributed by atoms with Gasteiger partial charge in [0.25, 0.3) is 11.8 Å². The Hall–Kier alpha value is -4.00. The topological polar surface area (TPSA) is 79.4 Å². The van der Waals surface area contributed by atoms with Gasteiger partial charge in [0, 0.05) is 40.3 Å². The fourth-order valence-corrected chi connectivity index (χ4v) is 4.85. The third kappa shape index (κ3) is 5.77. The van der Waals surface area contributed by atoms with E-state index in [-0.39, 0.29) is 30.6 Å². The molecule has 5 rings (SSSR count). The van der Waals surface area contributed by atoms with Crippen LogP contribution in [0.15, 0.2) is 91.1 Å². The smallest absolute Gasteiger partial charge is 0.256 e. The van der Waals surface area contributed by atoms with E-state index in [9.17, 15) is 14.4 Å². The van der Waals surface area contributed by atoms with Crippen molar-refractivity contribution in [3.8, 4) is 0 Å². The van der Waals surface area contributed by atoms with E-state index in [1.807, 2.05) is 12.1 Å². The molecule has 3 aromatic carbocycles. The predicted molar refractivity (Wildman–Crippen MR) is 148 cm³/mol. The Morgan fingerprint density at radius 3 is 2.32 bits per heavy atom. The van der Waals surface area contributed by atoms with Crippen molar-refractivity contribution in [1.82, 2.24) is 9.88 Å². The highest BCUT2D eigenvalue weighted by molar-refractivity contribution is 6.31. The summed E-state index contributed by atoms with van der Waals surface area (Å²) in [4.78, 5) is 45.6. The first-order chi connectivity index (χ1) is 18.4. The summed E-state index contributed by atoms with van der Waals surface area (Å²) in [5, 5.41) is 3.83. The van der Waals surface area contributed by atoms with Crippen molar-refractivity contribution in [1.29, 1.82) is 0 Å². The first-order valence-electron chi connectivity index (χ1n) is 12.1. The van der Waals surface area contributed by atoms with Crippen LogP contribution < -0.4 is 5.32 Å². The van der Waals surface area contributed by atoms with Gasteiger partial charge in [-0.25, -0.2) is 4.98 Å². The maximum Gasteiger partial charge on any atom is 0.256 e. The molecule has 1 aliphatic heterocycles. The molecule has 4 aromatic rings. The lowest BCUT2D eigenvalue weighted by atomic mass is 9.97. The van der Waals surface area contributed by atoms with Crippen molar-refractivity contribution in [2.75, 3.05) is 5.32 Å². The first kappa shape index (κ1) is 25.6. The maximum absolute atomic E-state index is 13.8. The zero-order valence-electron chi connectivity index (χ0n) is 20.2. The van der Waals surface area contributed by atoms with Crippen LogP contribution in [0.25, 0.3) is 0 Å². The van der Waals surface area contributed by atoms with E-state index in [0.29, 0.717) is 39.0 Å². The number of benzene rings is 3. The van der Waals surface area contributed by atoms with Crippen LogP contribution in [0.2, 0.25) is 10.0 Å². The molecule has 1 atom stereocenters. The molecule has 0 aliphatic carbocycles. The molecule has 0 radical (unpaired) electrons. The Kier molecular flexibility index (Phi) is 7.54. The predicted octanol–water partition coefficient (Wildman–Crippen LogP) is 6.02. The minimum Gasteiger partial charge on any atom is -0.324 e. The van der Waals surface area contributed by atoms with E-state index >= 15 is 0 Å². The summed E-state index contributed by atoms with van der Waals surface area (Å²) in [7, 11) is 0. The average molecular weight is 544 g/mol. The molecule has 1 aliphatic rings. The molecule has 0 bridgehead atoms. The molecule has 38 heavy (non-hydrogen) atoms. The van der Waals surface area contributed by atoms with Gasteiger partial charge in [0.1, 0.15) is 5.82 Å². The molecule has 6 nitrogen and oxygen atoms in total. The van der Waals surface area contributed by atoms with Crippen LogP contribution in [0.4, 0.5) is 5.82 Å². The van der Waals surface area contributed by atoms with Crippen LogP contribution in [0.5, 0.6) is 0 Å². The van der Waals surface area contributed by atoms with E-state index in [1.165, 1.54) is 0 Å². The van der Waals surface area contributed by atoms with Gasteiger partial charge >= 0.3 is 0 Å². The second-order valence-corrected chi connectivity index (χ2v) is 9.96. The number of nitrogens with zero attached hydrogens (tertiary/aromatic N) is 2. The molecule has 1 N–H and O–H groups in total. The number of anilines is 1. The van der Waals surface area contributed by atoms with Crippen molar-refractivity contribution in [3.05, 3.63) is 129 Å². The van der Waals surface area contributed by atoms with Crippen molar-refractivity contribution in [3.63, 3.8) is 0 Å². The Balaban J connectivity index is 1.42. The van der Waals surface area contributed by atoms with E-state index in [0.717, 1.165) is 11.1 Å². The number of amides is 2. The van der Waals surface area contributed by atoms with E-state index in [2.05, 4.69) is 10.3 Å². The van der Waals surface area contributed by atoms with Gasteiger partial charge in [-0.2, -0.15) is 0 Å². The number of nitrogens with one attached hydrogen (secondary N) is 1. The lowest BCUT2D eigenvalue weighted by Gasteiger charge is -2.29. The SMILES string of the molecule is O=C(Nc1ccccn1)c1ccc(CN2C(=O)c3ccc(Cl)cc3CC(=O)[C@H]2Cc2ccc(Cl)cc2)cc1. The van der Waals surface area contributed by atoms with Gasteiger partial charge in [-0.3, -0.25) is 14.4 Å². The number of pyridine rings is 1. The average Bonchev–Trinajstić information content (AvgIpc) is 3.00. The number of halogens is 2. The molecule has 2 amide bonds. The highest BCUT2D eigenvalue weighted by Crippen LogP contribution is 2.27. The Bertz CT molecular complexity index is 1490. The second-order valence-electron chi connectivity index (χ2n) is 9.09. The molecule has 2 heterocycles. The molecule has 0 fully saturated rings. The summed E-state index contributed by atoms with van der Waals surface area (Å²) in [6.07, 6.45) is 2.07. The number of carbonyl (C=O) groups excluding carboxylic acids is 3. The van der Waals surface area contributed by atoms with Gasteiger partial charge in [-0.05, 0) is 77.7 Å². The summed E-state index contributed by atoms with van der Waals surface area (Å²) in [6.45, 7) is 0.201. The molecule has 1 aromatic heterocycles. The standard InChI is InChI=1S/C30H23Cl2N3O3/c31-23-10-6-19(7-11-23)15-26-27(36)17-22-16-24(32)12-13-25(22)30(38)35(26)18-20-4-8-21(9-5-20)29(37)34-28-3-1-2-14-33-28/h1-14,16,26H,15,17-18H2,(H,33,34,37)/t26-/m1/s1. The maximum atomic E-state index is 13.8. The van der Waals surface area contributed by atoms with Crippen molar-refractivity contribution < 1.29 is 14.4 Å². The van der Waals surface area contributed by atoms with Crippen LogP contribution >= 0.6 is 23.2 Å². The third-order valence-corrected chi connectivity index (χ3v) is 6.98. The van der Waals surface area contributed by atoms with Crippen LogP contribution in [0.3, 0.4) is 0 Å². The number of fused-ring (bicyclic) bond motifs is 1. The lowest BCUT2D eigenvalue weighted by molar-refractivity contribution is -0.122. The highest BCUT2D eigenvalue weighted by Gasteiger charge is 2.35. The van der Waals surface area contributed by atoms with Gasteiger partial charge < -0.3 is 10.2 Å². The molecule has 0 spiro atoms. The summed E-state index contributed by atoms with van der Waals surface area (Å²) < 4.78 is 0. The van der Waals surface area contributed by atoms with Gasteiger partial charge in [0.05, 0.1) is 6.04 Å². The Labute approximate surface area is 230 Å². The number of ketones is 1. The van der Waals surface area contributed by atoms with Gasteiger partial charge in [0.15, 0.2) is 5.78 Å². The molecule has 0 unspecified atom stereocenters. The Morgan fingerprint density at radius 2 is 1.61 bits per heavy atom. The number of hydrogen-bond acceptors (Lipinski definition) is 4. The molecule has 0 saturated carbocycles. The van der Waals surface area contributed by atoms with E-state index in [4.69, 9.17) is 23.2 Å². The minimum absolute atomic E-state index is 0.0688. The van der Waals surface area contributed by atoms with Gasteiger partial charge in [0.2, 0.25) is 0 Å². The quantitative estimate of drug-likeness (QED) is 0.322. The second kappa shape index (κ2) is 11.2. The zero-order valence-corrected chi connectivity index (χ0v) is 21.7. The van der Waals surface area contributed by atoms with Crippen molar-refractivity contribution in [2.45, 2.75) is 25.4 Å². The highest BCUT2D eigenvalue weighted by atomic mass is 35.5. The third-order valence-electron chi connectivity index (χ3n) is 6.49. The van der Waals surface area contributed by atoms with Crippen molar-refractivity contribution >= 4 is 46.6 Å². The first-order valence-corrected chi connectivity index (χ1v) is 12.8. The van der Waals surface area contributed by atoms with Gasteiger partial charge in [-0.1, -0.05) is 53.5 Å². The zero-order chi connectivity index (χ0) is 26.6. The number of rotatable bonds is 6. The molecular weight excluding hydrogens is 521 g/mol. The van der Waals surface area contributed by atoms with Crippen LogP contribution in [-0.4, -0.2) is 33.5 Å². The lowest BCUT2D eigenvalue weighted by Crippen LogP contribution is -2.44. The van der Waals surface area contributed by atoms with E-state index < -0.39 is 6.04 Å². The summed E-state index contributed by atoms with van der Waals surface area (Å²) >= 11 is 12.2. The number of Topliss-reactive ketones (excluding diaryl/α,β-unsaturated/α-hetero) is 1. The van der Waals surface area contributed by atoms with Crippen LogP contribution in [0, 0.1) is 0 Å². The fraction of sp³-hybridized carbons (Fsp3) is 0.133. The summed E-state index contributed by atoms with van der Waals surface area (Å²) in [5.41, 5.74) is 3.23.